The third-order valence-electron chi connectivity index (χ3n) is 2.52. The van der Waals surface area contributed by atoms with Gasteiger partial charge in [0.05, 0.1) is 0 Å². The predicted molar refractivity (Wildman–Crippen MR) is 53.0 cm³/mol. The SMILES string of the molecule is C=C1CCc2cc(C)ccc2C1=O. The van der Waals surface area contributed by atoms with E-state index >= 15 is 0 Å². The molecule has 0 N–H and O–H groups in total. The van der Waals surface area contributed by atoms with Crippen molar-refractivity contribution in [3.8, 4) is 0 Å². The van der Waals surface area contributed by atoms with Crippen molar-refractivity contribution in [3.05, 3.63) is 47.0 Å². The van der Waals surface area contributed by atoms with Crippen LogP contribution in [-0.4, -0.2) is 5.78 Å². The van der Waals surface area contributed by atoms with Gasteiger partial charge in [-0.1, -0.05) is 30.3 Å². The normalized spacial score (nSPS) is 15.8. The summed E-state index contributed by atoms with van der Waals surface area (Å²) in [6.45, 7) is 5.82. The number of benzene rings is 1. The van der Waals surface area contributed by atoms with Crippen molar-refractivity contribution in [2.75, 3.05) is 0 Å². The summed E-state index contributed by atoms with van der Waals surface area (Å²) < 4.78 is 0. The highest BCUT2D eigenvalue weighted by molar-refractivity contribution is 6.10. The Morgan fingerprint density at radius 1 is 1.31 bits per heavy atom. The summed E-state index contributed by atoms with van der Waals surface area (Å²) in [6.07, 6.45) is 1.77. The van der Waals surface area contributed by atoms with Crippen LogP contribution in [0.25, 0.3) is 0 Å². The van der Waals surface area contributed by atoms with Gasteiger partial charge in [-0.15, -0.1) is 0 Å². The van der Waals surface area contributed by atoms with Gasteiger partial charge < -0.3 is 0 Å². The number of fused-ring (bicyclic) bond motifs is 1. The van der Waals surface area contributed by atoms with Crippen molar-refractivity contribution >= 4 is 5.78 Å². The van der Waals surface area contributed by atoms with E-state index in [1.807, 2.05) is 19.1 Å². The van der Waals surface area contributed by atoms with Crippen molar-refractivity contribution in [1.82, 2.24) is 0 Å². The van der Waals surface area contributed by atoms with Crippen LogP contribution in [0.3, 0.4) is 0 Å². The molecular weight excluding hydrogens is 160 g/mol. The third kappa shape index (κ3) is 1.31. The summed E-state index contributed by atoms with van der Waals surface area (Å²) in [7, 11) is 0. The number of carbonyl (C=O) groups is 1. The molecule has 0 atom stereocenters. The Morgan fingerprint density at radius 3 is 2.85 bits per heavy atom. The zero-order valence-electron chi connectivity index (χ0n) is 7.76. The van der Waals surface area contributed by atoms with Crippen LogP contribution in [0, 0.1) is 6.92 Å². The van der Waals surface area contributed by atoms with E-state index in [2.05, 4.69) is 12.6 Å². The monoisotopic (exact) mass is 172 g/mol. The highest BCUT2D eigenvalue weighted by Gasteiger charge is 2.19. The molecule has 1 aliphatic carbocycles. The first-order chi connectivity index (χ1) is 6.18. The topological polar surface area (TPSA) is 17.1 Å². The van der Waals surface area contributed by atoms with Crippen LogP contribution in [0.15, 0.2) is 30.4 Å². The maximum Gasteiger partial charge on any atom is 0.188 e. The predicted octanol–water partition coefficient (Wildman–Crippen LogP) is 2.68. The maximum atomic E-state index is 11.6. The molecule has 0 radical (unpaired) electrons. The van der Waals surface area contributed by atoms with E-state index in [0.29, 0.717) is 0 Å². The Morgan fingerprint density at radius 2 is 2.08 bits per heavy atom. The summed E-state index contributed by atoms with van der Waals surface area (Å²) in [5.74, 6) is 0.126. The number of hydrogen-bond acceptors (Lipinski definition) is 1. The van der Waals surface area contributed by atoms with Crippen LogP contribution in [0.4, 0.5) is 0 Å². The highest BCUT2D eigenvalue weighted by atomic mass is 16.1. The fourth-order valence-corrected chi connectivity index (χ4v) is 1.74. The molecule has 0 saturated carbocycles. The van der Waals surface area contributed by atoms with Gasteiger partial charge in [0.15, 0.2) is 5.78 Å². The molecule has 13 heavy (non-hydrogen) atoms. The molecule has 0 bridgehead atoms. The van der Waals surface area contributed by atoms with Gasteiger partial charge in [-0.2, -0.15) is 0 Å². The summed E-state index contributed by atoms with van der Waals surface area (Å²) in [4.78, 5) is 11.6. The van der Waals surface area contributed by atoms with Gasteiger partial charge in [-0.05, 0) is 30.9 Å². The Balaban J connectivity index is 2.56. The highest BCUT2D eigenvalue weighted by Crippen LogP contribution is 2.24. The van der Waals surface area contributed by atoms with Crippen molar-refractivity contribution in [1.29, 1.82) is 0 Å². The number of Topliss-reactive ketones (excluding diaryl/α,β-unsaturated/α-hetero) is 1. The van der Waals surface area contributed by atoms with Crippen LogP contribution in [-0.2, 0) is 6.42 Å². The lowest BCUT2D eigenvalue weighted by Crippen LogP contribution is -2.13. The van der Waals surface area contributed by atoms with E-state index < -0.39 is 0 Å². The molecule has 0 aromatic heterocycles. The second-order valence-electron chi connectivity index (χ2n) is 3.59. The van der Waals surface area contributed by atoms with E-state index in [4.69, 9.17) is 0 Å². The first-order valence-corrected chi connectivity index (χ1v) is 4.50. The number of hydrogen-bond donors (Lipinski definition) is 0. The van der Waals surface area contributed by atoms with Crippen LogP contribution in [0.2, 0.25) is 0 Å². The summed E-state index contributed by atoms with van der Waals surface area (Å²) in [5, 5.41) is 0. The minimum absolute atomic E-state index is 0.126. The first kappa shape index (κ1) is 8.24. The molecular formula is C12H12O. The second-order valence-corrected chi connectivity index (χ2v) is 3.59. The number of ketones is 1. The standard InChI is InChI=1S/C12H12O/c1-8-3-6-11-10(7-8)5-4-9(2)12(11)13/h3,6-7H,2,4-5H2,1H3. The molecule has 0 spiro atoms. The molecule has 1 aliphatic rings. The molecule has 1 nitrogen and oxygen atoms in total. The van der Waals surface area contributed by atoms with Crippen molar-refractivity contribution in [2.45, 2.75) is 19.8 Å². The van der Waals surface area contributed by atoms with Gasteiger partial charge in [0.25, 0.3) is 0 Å². The zero-order valence-corrected chi connectivity index (χ0v) is 7.76. The van der Waals surface area contributed by atoms with E-state index in [0.717, 1.165) is 24.0 Å². The molecule has 66 valence electrons. The quantitative estimate of drug-likeness (QED) is 0.550. The van der Waals surface area contributed by atoms with Gasteiger partial charge >= 0.3 is 0 Å². The molecule has 2 rings (SSSR count). The minimum Gasteiger partial charge on any atom is -0.289 e. The Labute approximate surface area is 78.1 Å². The van der Waals surface area contributed by atoms with Crippen molar-refractivity contribution in [2.24, 2.45) is 0 Å². The van der Waals surface area contributed by atoms with Gasteiger partial charge in [-0.3, -0.25) is 4.79 Å². The Bertz CT molecular complexity index is 388. The summed E-state index contributed by atoms with van der Waals surface area (Å²) in [5.41, 5.74) is 4.00. The number of allylic oxidation sites excluding steroid dienone is 1. The van der Waals surface area contributed by atoms with Gasteiger partial charge in [-0.25, -0.2) is 0 Å². The van der Waals surface area contributed by atoms with Gasteiger partial charge in [0.2, 0.25) is 0 Å². The molecule has 1 heteroatoms. The Kier molecular flexibility index (Phi) is 1.80. The fourth-order valence-electron chi connectivity index (χ4n) is 1.74. The average Bonchev–Trinajstić information content (AvgIpc) is 2.12. The minimum atomic E-state index is 0.126. The van der Waals surface area contributed by atoms with E-state index in [9.17, 15) is 4.79 Å². The summed E-state index contributed by atoms with van der Waals surface area (Å²) >= 11 is 0. The van der Waals surface area contributed by atoms with Crippen LogP contribution in [0.5, 0.6) is 0 Å². The number of rotatable bonds is 0. The molecule has 0 saturated heterocycles. The summed E-state index contributed by atoms with van der Waals surface area (Å²) in [6, 6.07) is 5.99. The Hall–Kier alpha value is -1.37. The number of carbonyl (C=O) groups excluding carboxylic acids is 1. The van der Waals surface area contributed by atoms with Crippen LogP contribution >= 0.6 is 0 Å². The van der Waals surface area contributed by atoms with Crippen LogP contribution < -0.4 is 0 Å². The first-order valence-electron chi connectivity index (χ1n) is 4.50. The third-order valence-corrected chi connectivity index (χ3v) is 2.52. The molecule has 0 heterocycles. The smallest absolute Gasteiger partial charge is 0.188 e. The van der Waals surface area contributed by atoms with E-state index in [1.165, 1.54) is 11.1 Å². The van der Waals surface area contributed by atoms with Crippen molar-refractivity contribution in [3.63, 3.8) is 0 Å². The lowest BCUT2D eigenvalue weighted by atomic mass is 9.87. The largest absolute Gasteiger partial charge is 0.289 e. The molecule has 1 aromatic rings. The van der Waals surface area contributed by atoms with Gasteiger partial charge in [0, 0.05) is 5.56 Å². The average molecular weight is 172 g/mol. The van der Waals surface area contributed by atoms with E-state index in [1.54, 1.807) is 0 Å². The van der Waals surface area contributed by atoms with Crippen LogP contribution in [0.1, 0.15) is 27.9 Å². The number of aryl methyl sites for hydroxylation is 2. The van der Waals surface area contributed by atoms with E-state index in [-0.39, 0.29) is 5.78 Å². The van der Waals surface area contributed by atoms with Gasteiger partial charge in [0.1, 0.15) is 0 Å². The molecule has 0 unspecified atom stereocenters. The zero-order chi connectivity index (χ0) is 9.42. The maximum absolute atomic E-state index is 11.6. The molecule has 1 aromatic carbocycles. The molecule has 0 aliphatic heterocycles. The second kappa shape index (κ2) is 2.84. The fraction of sp³-hybridized carbons (Fsp3) is 0.250. The lowest BCUT2D eigenvalue weighted by Gasteiger charge is -2.16. The lowest BCUT2D eigenvalue weighted by molar-refractivity contribution is 0.102. The molecule has 0 amide bonds. The molecule has 0 fully saturated rings. The van der Waals surface area contributed by atoms with Crippen molar-refractivity contribution < 1.29 is 4.79 Å².